The number of benzene rings is 2. The SMILES string of the molecule is COC(=O)c1ccc(C(=O)CCC(=O)c2ccc3c(c2)CC(C)(C)C=C3C)cc1. The van der Waals surface area contributed by atoms with Crippen LogP contribution in [0, 0.1) is 5.41 Å². The van der Waals surface area contributed by atoms with E-state index in [1.54, 1.807) is 24.3 Å². The van der Waals surface area contributed by atoms with Crippen LogP contribution in [0.25, 0.3) is 5.57 Å². The van der Waals surface area contributed by atoms with Crippen LogP contribution in [0.5, 0.6) is 0 Å². The van der Waals surface area contributed by atoms with Crippen LogP contribution in [0.2, 0.25) is 0 Å². The van der Waals surface area contributed by atoms with Gasteiger partial charge in [-0.3, -0.25) is 9.59 Å². The van der Waals surface area contributed by atoms with Gasteiger partial charge in [-0.05, 0) is 53.7 Å². The van der Waals surface area contributed by atoms with Crippen LogP contribution in [-0.2, 0) is 11.2 Å². The Balaban J connectivity index is 1.66. The van der Waals surface area contributed by atoms with E-state index in [1.165, 1.54) is 23.8 Å². The minimum atomic E-state index is -0.445. The van der Waals surface area contributed by atoms with Gasteiger partial charge in [0.1, 0.15) is 0 Å². The Kier molecular flexibility index (Phi) is 5.83. The summed E-state index contributed by atoms with van der Waals surface area (Å²) in [6.07, 6.45) is 3.47. The Labute approximate surface area is 171 Å². The summed E-state index contributed by atoms with van der Waals surface area (Å²) >= 11 is 0. The van der Waals surface area contributed by atoms with Crippen molar-refractivity contribution in [2.45, 2.75) is 40.0 Å². The van der Waals surface area contributed by atoms with Crippen molar-refractivity contribution in [3.05, 3.63) is 76.4 Å². The smallest absolute Gasteiger partial charge is 0.337 e. The van der Waals surface area contributed by atoms with Crippen molar-refractivity contribution >= 4 is 23.1 Å². The van der Waals surface area contributed by atoms with E-state index < -0.39 is 5.97 Å². The van der Waals surface area contributed by atoms with Crippen molar-refractivity contribution < 1.29 is 19.1 Å². The van der Waals surface area contributed by atoms with Gasteiger partial charge < -0.3 is 4.74 Å². The first kappa shape index (κ1) is 20.7. The van der Waals surface area contributed by atoms with E-state index in [0.717, 1.165) is 6.42 Å². The van der Waals surface area contributed by atoms with Gasteiger partial charge in [0.25, 0.3) is 0 Å². The molecule has 0 radical (unpaired) electrons. The third-order valence-corrected chi connectivity index (χ3v) is 5.31. The fourth-order valence-corrected chi connectivity index (χ4v) is 3.93. The minimum absolute atomic E-state index is 0.0302. The topological polar surface area (TPSA) is 60.4 Å². The first-order valence-corrected chi connectivity index (χ1v) is 9.78. The molecule has 0 atom stereocenters. The van der Waals surface area contributed by atoms with Crippen molar-refractivity contribution in [3.63, 3.8) is 0 Å². The summed E-state index contributed by atoms with van der Waals surface area (Å²) in [6.45, 7) is 6.49. The fourth-order valence-electron chi connectivity index (χ4n) is 3.93. The predicted octanol–water partition coefficient (Wildman–Crippen LogP) is 5.30. The molecule has 29 heavy (non-hydrogen) atoms. The lowest BCUT2D eigenvalue weighted by molar-refractivity contribution is 0.0600. The zero-order valence-corrected chi connectivity index (χ0v) is 17.4. The van der Waals surface area contributed by atoms with Gasteiger partial charge in [0.15, 0.2) is 11.6 Å². The Morgan fingerprint density at radius 1 is 0.897 bits per heavy atom. The molecule has 0 spiro atoms. The molecular weight excluding hydrogens is 364 g/mol. The van der Waals surface area contributed by atoms with E-state index in [1.807, 2.05) is 18.2 Å². The zero-order chi connectivity index (χ0) is 21.2. The molecule has 0 unspecified atom stereocenters. The average Bonchev–Trinajstić information content (AvgIpc) is 2.69. The first-order valence-electron chi connectivity index (χ1n) is 9.78. The Hall–Kier alpha value is -3.01. The molecule has 0 saturated carbocycles. The summed E-state index contributed by atoms with van der Waals surface area (Å²) in [6, 6.07) is 12.1. The maximum atomic E-state index is 12.7. The van der Waals surface area contributed by atoms with Gasteiger partial charge >= 0.3 is 5.97 Å². The predicted molar refractivity (Wildman–Crippen MR) is 113 cm³/mol. The number of fused-ring (bicyclic) bond motifs is 1. The minimum Gasteiger partial charge on any atom is -0.465 e. The second kappa shape index (κ2) is 8.16. The average molecular weight is 390 g/mol. The molecule has 1 aliphatic rings. The molecule has 0 aliphatic heterocycles. The summed E-state index contributed by atoms with van der Waals surface area (Å²) in [4.78, 5) is 36.6. The third-order valence-electron chi connectivity index (χ3n) is 5.31. The number of hydrogen-bond donors (Lipinski definition) is 0. The van der Waals surface area contributed by atoms with Crippen molar-refractivity contribution in [2.75, 3.05) is 7.11 Å². The molecule has 0 fully saturated rings. The number of hydrogen-bond acceptors (Lipinski definition) is 4. The van der Waals surface area contributed by atoms with E-state index in [2.05, 4.69) is 31.6 Å². The molecule has 2 aromatic rings. The zero-order valence-electron chi connectivity index (χ0n) is 17.4. The number of ether oxygens (including phenoxy) is 1. The van der Waals surface area contributed by atoms with Crippen molar-refractivity contribution in [1.29, 1.82) is 0 Å². The van der Waals surface area contributed by atoms with Crippen LogP contribution in [0.15, 0.2) is 48.5 Å². The molecule has 0 amide bonds. The van der Waals surface area contributed by atoms with Gasteiger partial charge in [-0.2, -0.15) is 0 Å². The Morgan fingerprint density at radius 2 is 1.45 bits per heavy atom. The number of rotatable bonds is 6. The van der Waals surface area contributed by atoms with Crippen molar-refractivity contribution in [2.24, 2.45) is 5.41 Å². The van der Waals surface area contributed by atoms with E-state index in [-0.39, 0.29) is 29.8 Å². The molecular formula is C25H26O4. The summed E-state index contributed by atoms with van der Waals surface area (Å²) in [5, 5.41) is 0. The molecule has 0 N–H and O–H groups in total. The Bertz CT molecular complexity index is 994. The number of esters is 1. The maximum Gasteiger partial charge on any atom is 0.337 e. The molecule has 4 heteroatoms. The lowest BCUT2D eigenvalue weighted by Gasteiger charge is -2.29. The van der Waals surface area contributed by atoms with Crippen LogP contribution >= 0.6 is 0 Å². The molecule has 0 bridgehead atoms. The molecule has 4 nitrogen and oxygen atoms in total. The maximum absolute atomic E-state index is 12.7. The van der Waals surface area contributed by atoms with E-state index in [0.29, 0.717) is 16.7 Å². The van der Waals surface area contributed by atoms with Crippen LogP contribution < -0.4 is 0 Å². The number of allylic oxidation sites excluding steroid dienone is 2. The molecule has 0 aromatic heterocycles. The van der Waals surface area contributed by atoms with Crippen LogP contribution in [0.1, 0.15) is 75.8 Å². The first-order chi connectivity index (χ1) is 13.7. The van der Waals surface area contributed by atoms with E-state index in [4.69, 9.17) is 0 Å². The number of carbonyl (C=O) groups is 3. The van der Waals surface area contributed by atoms with Crippen LogP contribution in [0.4, 0.5) is 0 Å². The highest BCUT2D eigenvalue weighted by Crippen LogP contribution is 2.36. The summed E-state index contributed by atoms with van der Waals surface area (Å²) < 4.78 is 4.65. The van der Waals surface area contributed by atoms with Crippen molar-refractivity contribution in [1.82, 2.24) is 0 Å². The standard InChI is InChI=1S/C25H26O4/c1-16-14-25(2,3)15-20-13-19(9-10-21(16)20)23(27)12-11-22(26)17-5-7-18(8-6-17)24(28)29-4/h5-10,13-14H,11-12,15H2,1-4H3. The monoisotopic (exact) mass is 390 g/mol. The van der Waals surface area contributed by atoms with Gasteiger partial charge in [0.2, 0.25) is 0 Å². The number of ketones is 2. The van der Waals surface area contributed by atoms with Gasteiger partial charge in [0.05, 0.1) is 12.7 Å². The quantitative estimate of drug-likeness (QED) is 0.496. The molecule has 1 aliphatic carbocycles. The third kappa shape index (κ3) is 4.70. The highest BCUT2D eigenvalue weighted by molar-refractivity contribution is 6.02. The summed E-state index contributed by atoms with van der Waals surface area (Å²) in [5.74, 6) is -0.593. The van der Waals surface area contributed by atoms with E-state index in [9.17, 15) is 14.4 Å². The van der Waals surface area contributed by atoms with Gasteiger partial charge in [-0.1, -0.05) is 44.2 Å². The van der Waals surface area contributed by atoms with Gasteiger partial charge in [-0.25, -0.2) is 4.79 Å². The normalized spacial score (nSPS) is 14.6. The molecule has 0 heterocycles. The number of carbonyl (C=O) groups excluding carboxylic acids is 3. The van der Waals surface area contributed by atoms with Crippen LogP contribution in [0.3, 0.4) is 0 Å². The summed E-state index contributed by atoms with van der Waals surface area (Å²) in [7, 11) is 1.31. The van der Waals surface area contributed by atoms with Crippen LogP contribution in [-0.4, -0.2) is 24.6 Å². The fraction of sp³-hybridized carbons (Fsp3) is 0.320. The van der Waals surface area contributed by atoms with Crippen molar-refractivity contribution in [3.8, 4) is 0 Å². The lowest BCUT2D eigenvalue weighted by Crippen LogP contribution is -2.18. The van der Waals surface area contributed by atoms with Gasteiger partial charge in [0, 0.05) is 24.0 Å². The molecule has 3 rings (SSSR count). The van der Waals surface area contributed by atoms with E-state index >= 15 is 0 Å². The summed E-state index contributed by atoms with van der Waals surface area (Å²) in [5.41, 5.74) is 5.22. The lowest BCUT2D eigenvalue weighted by atomic mass is 9.76. The number of methoxy groups -OCH3 is 1. The molecule has 0 saturated heterocycles. The second-order valence-corrected chi connectivity index (χ2v) is 8.28. The second-order valence-electron chi connectivity index (χ2n) is 8.28. The molecule has 150 valence electrons. The molecule has 2 aromatic carbocycles. The Morgan fingerprint density at radius 3 is 2.07 bits per heavy atom. The number of Topliss-reactive ketones (excluding diaryl/α,β-unsaturated/α-hetero) is 2. The highest BCUT2D eigenvalue weighted by atomic mass is 16.5. The largest absolute Gasteiger partial charge is 0.465 e. The highest BCUT2D eigenvalue weighted by Gasteiger charge is 2.24. The van der Waals surface area contributed by atoms with Gasteiger partial charge in [-0.15, -0.1) is 0 Å².